The van der Waals surface area contributed by atoms with E-state index < -0.39 is 23.3 Å². The maximum absolute atomic E-state index is 11.3. The second kappa shape index (κ2) is 26.3. The fourth-order valence-corrected chi connectivity index (χ4v) is 9.79. The molecule has 5 rings (SSSR count). The number of carbonyl (C=O) groups excluding carboxylic acids is 1. The van der Waals surface area contributed by atoms with Crippen molar-refractivity contribution in [3.8, 4) is 5.75 Å². The predicted octanol–water partition coefficient (Wildman–Crippen LogP) is 13.6. The smallest absolute Gasteiger partial charge is 0.306 e. The first-order valence-corrected chi connectivity index (χ1v) is 25.9. The Balaban J connectivity index is 0.000000301. The van der Waals surface area contributed by atoms with Gasteiger partial charge in [-0.1, -0.05) is 152 Å². The van der Waals surface area contributed by atoms with E-state index in [-0.39, 0.29) is 42.4 Å². The molecule has 8 heteroatoms. The van der Waals surface area contributed by atoms with E-state index >= 15 is 0 Å². The molecule has 1 heterocycles. The van der Waals surface area contributed by atoms with Crippen molar-refractivity contribution in [3.63, 3.8) is 0 Å². The molecule has 0 aromatic heterocycles. The number of hydrogen-bond donors (Lipinski definition) is 4. The number of cyclic esters (lactones) is 1. The zero-order valence-electron chi connectivity index (χ0n) is 43.6. The highest BCUT2D eigenvalue weighted by Crippen LogP contribution is 2.42. The lowest BCUT2D eigenvalue weighted by Crippen LogP contribution is -2.26. The first-order chi connectivity index (χ1) is 32.9. The average molecular weight is 945 g/mol. The maximum Gasteiger partial charge on any atom is 0.306 e. The van der Waals surface area contributed by atoms with Gasteiger partial charge in [0.25, 0.3) is 0 Å². The van der Waals surface area contributed by atoms with E-state index in [0.29, 0.717) is 37.9 Å². The summed E-state index contributed by atoms with van der Waals surface area (Å²) in [6, 6.07) is 30.4. The molecule has 0 spiro atoms. The van der Waals surface area contributed by atoms with Gasteiger partial charge in [-0.15, -0.1) is 0 Å². The zero-order chi connectivity index (χ0) is 50.8. The summed E-state index contributed by atoms with van der Waals surface area (Å²) in [5.41, 5.74) is 9.47. The molecule has 2 atom stereocenters. The first-order valence-electron chi connectivity index (χ1n) is 25.9. The second-order valence-corrected chi connectivity index (χ2v) is 19.3. The zero-order valence-corrected chi connectivity index (χ0v) is 43.6. The molecule has 4 aromatic carbocycles. The topological polar surface area (TPSA) is 134 Å². The Labute approximate surface area is 414 Å². The van der Waals surface area contributed by atoms with Crippen molar-refractivity contribution >= 4 is 24.1 Å². The molecule has 4 aromatic rings. The number of aliphatic hydroxyl groups is 3. The van der Waals surface area contributed by atoms with Gasteiger partial charge in [0, 0.05) is 23.7 Å². The number of esters is 1. The van der Waals surface area contributed by atoms with Gasteiger partial charge in [-0.3, -0.25) is 9.59 Å². The Hall–Kier alpha value is -5.02. The summed E-state index contributed by atoms with van der Waals surface area (Å²) in [6.45, 7) is 21.4. The Bertz CT molecular complexity index is 2270. The van der Waals surface area contributed by atoms with Crippen LogP contribution in [-0.2, 0) is 31.6 Å². The Morgan fingerprint density at radius 3 is 1.48 bits per heavy atom. The van der Waals surface area contributed by atoms with Gasteiger partial charge in [0.2, 0.25) is 0 Å². The number of carboxylic acids is 1. The Morgan fingerprint density at radius 2 is 1.10 bits per heavy atom. The molecule has 0 unspecified atom stereocenters. The number of benzene rings is 4. The van der Waals surface area contributed by atoms with E-state index in [2.05, 4.69) is 120 Å². The largest absolute Gasteiger partial charge is 0.491 e. The van der Waals surface area contributed by atoms with Crippen LogP contribution in [0.1, 0.15) is 189 Å². The molecular formula is C61H84O8. The molecule has 0 bridgehead atoms. The summed E-state index contributed by atoms with van der Waals surface area (Å²) < 4.78 is 11.0. The molecule has 1 aliphatic rings. The number of aliphatic hydroxyl groups excluding tert-OH is 1. The quantitative estimate of drug-likeness (QED) is 0.0483. The van der Waals surface area contributed by atoms with Crippen LogP contribution in [0, 0.1) is 13.8 Å². The summed E-state index contributed by atoms with van der Waals surface area (Å²) in [4.78, 5) is 22.0. The number of rotatable bonds is 25. The highest BCUT2D eigenvalue weighted by atomic mass is 16.5. The van der Waals surface area contributed by atoms with Crippen LogP contribution in [0.2, 0.25) is 0 Å². The Kier molecular flexibility index (Phi) is 21.5. The van der Waals surface area contributed by atoms with Crippen LogP contribution >= 0.6 is 0 Å². The minimum atomic E-state index is -0.924. The third-order valence-corrected chi connectivity index (χ3v) is 15.4. The minimum Gasteiger partial charge on any atom is -0.491 e. The Morgan fingerprint density at radius 1 is 0.667 bits per heavy atom. The van der Waals surface area contributed by atoms with Gasteiger partial charge >= 0.3 is 11.9 Å². The minimum absolute atomic E-state index is 0.0277. The molecule has 1 aliphatic heterocycles. The highest BCUT2D eigenvalue weighted by molar-refractivity contribution is 5.71. The van der Waals surface area contributed by atoms with Crippen LogP contribution in [0.15, 0.2) is 97.1 Å². The van der Waals surface area contributed by atoms with Crippen molar-refractivity contribution < 1.29 is 39.5 Å². The standard InChI is InChI=1S/C31H42O3.C30H42O5/c1-6-30(33,7-2)21-20-25-13-16-27(22-23(25)5)31(8-3,9-4)26-14-10-24(11-15-26)12-17-28-18-19-29(32)34-28;1-6-29(34,7-2)19-18-23-10-11-25(20-22(23)5)30(8-3,9-4)24-12-15-27(16-13-24)35-21-26(31)14-17-28(32)33/h10-11,13-16,20-22,28,33H,6-9,12,17-19H2,1-5H3;10-13,15-16,18-20,26,31,34H,6-9,14,17,21H2,1-5H3,(H,32,33)/b21-20+;19-18+/t28-;26-/m10/s1. The number of carboxylic acid groups (broad SMARTS) is 1. The molecule has 69 heavy (non-hydrogen) atoms. The molecule has 0 radical (unpaired) electrons. The monoisotopic (exact) mass is 945 g/mol. The van der Waals surface area contributed by atoms with Crippen LogP contribution in [0.4, 0.5) is 0 Å². The summed E-state index contributed by atoms with van der Waals surface area (Å²) in [7, 11) is 0. The fourth-order valence-electron chi connectivity index (χ4n) is 9.79. The van der Waals surface area contributed by atoms with E-state index in [1.165, 1.54) is 38.9 Å². The first kappa shape index (κ1) is 56.6. The number of carbonyl (C=O) groups is 2. The molecule has 1 saturated heterocycles. The fraction of sp³-hybridized carbons (Fsp3) is 0.508. The van der Waals surface area contributed by atoms with Gasteiger partial charge in [-0.2, -0.15) is 0 Å². The van der Waals surface area contributed by atoms with E-state index in [1.807, 2.05) is 58.1 Å². The van der Waals surface area contributed by atoms with E-state index in [4.69, 9.17) is 14.6 Å². The normalized spacial score (nSPS) is 15.0. The van der Waals surface area contributed by atoms with E-state index in [1.54, 1.807) is 0 Å². The van der Waals surface area contributed by atoms with Gasteiger partial charge in [0.1, 0.15) is 18.5 Å². The van der Waals surface area contributed by atoms with Crippen LogP contribution in [0.5, 0.6) is 5.75 Å². The summed E-state index contributed by atoms with van der Waals surface area (Å²) >= 11 is 0. The van der Waals surface area contributed by atoms with Gasteiger partial charge in [0.15, 0.2) is 0 Å². The van der Waals surface area contributed by atoms with Gasteiger partial charge in [-0.05, 0) is 153 Å². The van der Waals surface area contributed by atoms with Crippen molar-refractivity contribution in [1.29, 1.82) is 0 Å². The number of ether oxygens (including phenoxy) is 2. The number of aliphatic carboxylic acids is 1. The third-order valence-electron chi connectivity index (χ3n) is 15.4. The van der Waals surface area contributed by atoms with Crippen LogP contribution in [-0.4, -0.2) is 62.4 Å². The SMILES string of the molecule is CCC(O)(/C=C/c1ccc(C(CC)(CC)c2ccc(CC[C@@H]3CCC(=O)O3)cc2)cc1C)CC.CCC(O)(/C=C/c1ccc(C(CC)(CC)c2ccc(OC[C@@H](O)CCC(=O)O)cc2)cc1C)CC. The molecule has 0 amide bonds. The lowest BCUT2D eigenvalue weighted by molar-refractivity contribution is -0.141. The number of hydrogen-bond acceptors (Lipinski definition) is 7. The molecular weight excluding hydrogens is 861 g/mol. The van der Waals surface area contributed by atoms with Crippen LogP contribution in [0.3, 0.4) is 0 Å². The third kappa shape index (κ3) is 15.0. The van der Waals surface area contributed by atoms with Crippen LogP contribution in [0.25, 0.3) is 12.2 Å². The lowest BCUT2D eigenvalue weighted by Gasteiger charge is -2.34. The molecule has 4 N–H and O–H groups in total. The van der Waals surface area contributed by atoms with Crippen molar-refractivity contribution in [3.05, 3.63) is 147 Å². The van der Waals surface area contributed by atoms with Crippen molar-refractivity contribution in [2.45, 2.75) is 193 Å². The predicted molar refractivity (Wildman–Crippen MR) is 283 cm³/mol. The van der Waals surface area contributed by atoms with Gasteiger partial charge < -0.3 is 29.9 Å². The van der Waals surface area contributed by atoms with Gasteiger partial charge in [0.05, 0.1) is 17.3 Å². The highest BCUT2D eigenvalue weighted by Gasteiger charge is 2.33. The molecule has 0 saturated carbocycles. The van der Waals surface area contributed by atoms with Crippen molar-refractivity contribution in [2.75, 3.05) is 6.61 Å². The van der Waals surface area contributed by atoms with E-state index in [9.17, 15) is 24.9 Å². The molecule has 0 aliphatic carbocycles. The number of aryl methyl sites for hydroxylation is 3. The maximum atomic E-state index is 11.3. The molecule has 8 nitrogen and oxygen atoms in total. The van der Waals surface area contributed by atoms with Crippen molar-refractivity contribution in [2.24, 2.45) is 0 Å². The average Bonchev–Trinajstić information content (AvgIpc) is 3.80. The second-order valence-electron chi connectivity index (χ2n) is 19.3. The summed E-state index contributed by atoms with van der Waals surface area (Å²) in [5, 5.41) is 39.9. The summed E-state index contributed by atoms with van der Waals surface area (Å²) in [5.74, 6) is -0.328. The lowest BCUT2D eigenvalue weighted by atomic mass is 9.70. The van der Waals surface area contributed by atoms with Gasteiger partial charge in [-0.25, -0.2) is 0 Å². The molecule has 376 valence electrons. The summed E-state index contributed by atoms with van der Waals surface area (Å²) in [6.07, 6.45) is 17.3. The van der Waals surface area contributed by atoms with E-state index in [0.717, 1.165) is 56.1 Å². The van der Waals surface area contributed by atoms with Crippen LogP contribution < -0.4 is 4.74 Å². The molecule has 1 fully saturated rings. The van der Waals surface area contributed by atoms with Crippen molar-refractivity contribution in [1.82, 2.24) is 0 Å².